The van der Waals surface area contributed by atoms with Gasteiger partial charge in [0.1, 0.15) is 0 Å². The third-order valence-electron chi connectivity index (χ3n) is 2.79. The van der Waals surface area contributed by atoms with E-state index in [1.54, 1.807) is 26.2 Å². The molecule has 0 radical (unpaired) electrons. The van der Waals surface area contributed by atoms with Crippen molar-refractivity contribution in [1.29, 1.82) is 0 Å². The second kappa shape index (κ2) is 5.65. The van der Waals surface area contributed by atoms with Gasteiger partial charge in [0.05, 0.1) is 13.2 Å². The van der Waals surface area contributed by atoms with E-state index in [4.69, 9.17) is 14.2 Å². The van der Waals surface area contributed by atoms with Crippen molar-refractivity contribution in [3.8, 4) is 29.1 Å². The molecule has 1 aliphatic heterocycles. The Hall–Kier alpha value is -1.86. The molecule has 18 heavy (non-hydrogen) atoms. The number of aliphatic hydroxyl groups excluding tert-OH is 1. The molecular formula is C14H16O4. The number of ether oxygens (including phenoxy) is 3. The average Bonchev–Trinajstić information content (AvgIpc) is 2.85. The lowest BCUT2D eigenvalue weighted by Crippen LogP contribution is -1.98. The van der Waals surface area contributed by atoms with Crippen LogP contribution in [0.3, 0.4) is 0 Å². The maximum atomic E-state index is 10.1. The average molecular weight is 248 g/mol. The molecule has 1 heterocycles. The number of fused-ring (bicyclic) bond motifs is 1. The highest BCUT2D eigenvalue weighted by molar-refractivity contribution is 5.55. The third-order valence-corrected chi connectivity index (χ3v) is 2.79. The first kappa shape index (κ1) is 12.6. The zero-order chi connectivity index (χ0) is 13.0. The molecule has 0 bridgehead atoms. The molecule has 4 heteroatoms. The van der Waals surface area contributed by atoms with E-state index in [0.29, 0.717) is 30.1 Å². The number of hydrogen-bond donors (Lipinski definition) is 1. The Morgan fingerprint density at radius 1 is 1.44 bits per heavy atom. The summed E-state index contributed by atoms with van der Waals surface area (Å²) in [5, 5.41) is 10.1. The Balaban J connectivity index is 2.19. The van der Waals surface area contributed by atoms with Gasteiger partial charge < -0.3 is 19.3 Å². The van der Waals surface area contributed by atoms with E-state index in [1.165, 1.54) is 0 Å². The molecule has 1 N–H and O–H groups in total. The van der Waals surface area contributed by atoms with Gasteiger partial charge in [0.2, 0.25) is 12.5 Å². The highest BCUT2D eigenvalue weighted by Gasteiger charge is 2.22. The van der Waals surface area contributed by atoms with Gasteiger partial charge in [-0.05, 0) is 31.0 Å². The van der Waals surface area contributed by atoms with Gasteiger partial charge in [-0.3, -0.25) is 0 Å². The van der Waals surface area contributed by atoms with Gasteiger partial charge in [0.15, 0.2) is 11.5 Å². The Kier molecular flexibility index (Phi) is 3.96. The van der Waals surface area contributed by atoms with Crippen LogP contribution >= 0.6 is 0 Å². The van der Waals surface area contributed by atoms with Crippen LogP contribution in [-0.4, -0.2) is 19.0 Å². The summed E-state index contributed by atoms with van der Waals surface area (Å²) in [6.45, 7) is 1.97. The monoisotopic (exact) mass is 248 g/mol. The van der Waals surface area contributed by atoms with Crippen LogP contribution < -0.4 is 14.2 Å². The first-order valence-electron chi connectivity index (χ1n) is 5.81. The van der Waals surface area contributed by atoms with E-state index in [-0.39, 0.29) is 6.79 Å². The lowest BCUT2D eigenvalue weighted by Gasteiger charge is -2.12. The van der Waals surface area contributed by atoms with E-state index >= 15 is 0 Å². The number of hydrogen-bond acceptors (Lipinski definition) is 4. The van der Waals surface area contributed by atoms with Crippen LogP contribution in [0.2, 0.25) is 0 Å². The molecule has 0 saturated carbocycles. The lowest BCUT2D eigenvalue weighted by molar-refractivity contribution is 0.167. The van der Waals surface area contributed by atoms with Gasteiger partial charge in [-0.25, -0.2) is 0 Å². The van der Waals surface area contributed by atoms with Crippen LogP contribution in [0.15, 0.2) is 12.1 Å². The number of aliphatic hydroxyl groups is 1. The lowest BCUT2D eigenvalue weighted by atomic mass is 10.0. The molecule has 1 aromatic rings. The quantitative estimate of drug-likeness (QED) is 0.830. The van der Waals surface area contributed by atoms with Crippen LogP contribution in [0, 0.1) is 11.8 Å². The summed E-state index contributed by atoms with van der Waals surface area (Å²) in [6.07, 6.45) is 0.673. The second-order valence-electron chi connectivity index (χ2n) is 3.94. The minimum absolute atomic E-state index is 0.187. The molecule has 1 atom stereocenters. The summed E-state index contributed by atoms with van der Waals surface area (Å²) in [6, 6.07) is 3.56. The van der Waals surface area contributed by atoms with Crippen LogP contribution in [-0.2, 0) is 0 Å². The molecule has 0 fully saturated rings. The minimum Gasteiger partial charge on any atom is -0.493 e. The molecule has 4 nitrogen and oxygen atoms in total. The Morgan fingerprint density at radius 3 is 3.00 bits per heavy atom. The smallest absolute Gasteiger partial charge is 0.231 e. The third kappa shape index (κ3) is 2.52. The van der Waals surface area contributed by atoms with Crippen molar-refractivity contribution in [2.24, 2.45) is 0 Å². The van der Waals surface area contributed by atoms with E-state index in [1.807, 2.05) is 0 Å². The molecular weight excluding hydrogens is 232 g/mol. The van der Waals surface area contributed by atoms with Crippen LogP contribution in [0.5, 0.6) is 17.2 Å². The zero-order valence-electron chi connectivity index (χ0n) is 10.5. The fourth-order valence-electron chi connectivity index (χ4n) is 1.84. The standard InChI is InChI=1S/C14H16O4/c1-3-4-5-6-11(15)10-7-12(16-2)14-13(8-10)17-9-18-14/h7-8,11,15H,5-6,9H2,1-2H3. The fraction of sp³-hybridized carbons (Fsp3) is 0.429. The number of rotatable bonds is 4. The molecule has 0 aliphatic carbocycles. The molecule has 0 saturated heterocycles. The summed E-state index contributed by atoms with van der Waals surface area (Å²) in [4.78, 5) is 0. The predicted octanol–water partition coefficient (Wildman–Crippen LogP) is 2.26. The summed E-state index contributed by atoms with van der Waals surface area (Å²) >= 11 is 0. The molecule has 1 unspecified atom stereocenters. The summed E-state index contributed by atoms with van der Waals surface area (Å²) < 4.78 is 15.8. The first-order valence-corrected chi connectivity index (χ1v) is 5.81. The second-order valence-corrected chi connectivity index (χ2v) is 3.94. The van der Waals surface area contributed by atoms with Crippen LogP contribution in [0.25, 0.3) is 0 Å². The van der Waals surface area contributed by atoms with Gasteiger partial charge in [-0.1, -0.05) is 0 Å². The largest absolute Gasteiger partial charge is 0.493 e. The minimum atomic E-state index is -0.575. The maximum absolute atomic E-state index is 10.1. The predicted molar refractivity (Wildman–Crippen MR) is 66.8 cm³/mol. The molecule has 1 aromatic carbocycles. The van der Waals surface area contributed by atoms with Crippen molar-refractivity contribution in [2.45, 2.75) is 25.9 Å². The molecule has 0 spiro atoms. The van der Waals surface area contributed by atoms with Gasteiger partial charge >= 0.3 is 0 Å². The van der Waals surface area contributed by atoms with E-state index < -0.39 is 6.10 Å². The molecule has 1 aliphatic rings. The molecule has 0 amide bonds. The van der Waals surface area contributed by atoms with Crippen molar-refractivity contribution in [1.82, 2.24) is 0 Å². The van der Waals surface area contributed by atoms with Crippen LogP contribution in [0.1, 0.15) is 31.4 Å². The summed E-state index contributed by atoms with van der Waals surface area (Å²) in [7, 11) is 1.57. The van der Waals surface area contributed by atoms with Crippen molar-refractivity contribution in [3.05, 3.63) is 17.7 Å². The molecule has 2 rings (SSSR count). The van der Waals surface area contributed by atoms with Crippen molar-refractivity contribution >= 4 is 0 Å². The molecule has 0 aromatic heterocycles. The van der Waals surface area contributed by atoms with Crippen molar-refractivity contribution in [3.63, 3.8) is 0 Å². The SMILES string of the molecule is CC#CCCC(O)c1cc(OC)c2c(c1)OCO2. The Bertz CT molecular complexity index is 485. The van der Waals surface area contributed by atoms with Gasteiger partial charge in [-0.2, -0.15) is 0 Å². The van der Waals surface area contributed by atoms with Crippen molar-refractivity contribution in [2.75, 3.05) is 13.9 Å². The Labute approximate surface area is 106 Å². The highest BCUT2D eigenvalue weighted by atomic mass is 16.7. The van der Waals surface area contributed by atoms with Gasteiger partial charge in [-0.15, -0.1) is 11.8 Å². The van der Waals surface area contributed by atoms with E-state index in [0.717, 1.165) is 5.56 Å². The zero-order valence-corrected chi connectivity index (χ0v) is 10.5. The fourth-order valence-corrected chi connectivity index (χ4v) is 1.84. The van der Waals surface area contributed by atoms with E-state index in [9.17, 15) is 5.11 Å². The maximum Gasteiger partial charge on any atom is 0.231 e. The number of methoxy groups -OCH3 is 1. The normalized spacial score (nSPS) is 13.7. The van der Waals surface area contributed by atoms with Crippen molar-refractivity contribution < 1.29 is 19.3 Å². The summed E-state index contributed by atoms with van der Waals surface area (Å²) in [5.74, 6) is 7.54. The van der Waals surface area contributed by atoms with Gasteiger partial charge in [0.25, 0.3) is 0 Å². The van der Waals surface area contributed by atoms with E-state index in [2.05, 4.69) is 11.8 Å². The number of benzene rings is 1. The highest BCUT2D eigenvalue weighted by Crippen LogP contribution is 2.43. The molecule has 96 valence electrons. The Morgan fingerprint density at radius 2 is 2.28 bits per heavy atom. The first-order chi connectivity index (χ1) is 8.76. The summed E-state index contributed by atoms with van der Waals surface area (Å²) in [5.41, 5.74) is 0.758. The van der Waals surface area contributed by atoms with Crippen LogP contribution in [0.4, 0.5) is 0 Å². The topological polar surface area (TPSA) is 47.9 Å². The van der Waals surface area contributed by atoms with Gasteiger partial charge in [0, 0.05) is 6.42 Å².